The van der Waals surface area contributed by atoms with Crippen LogP contribution in [-0.4, -0.2) is 45.4 Å². The molecular formula is C19H25N3O4S. The summed E-state index contributed by atoms with van der Waals surface area (Å²) in [7, 11) is -3.59. The molecule has 2 heterocycles. The van der Waals surface area contributed by atoms with Crippen LogP contribution in [0.3, 0.4) is 0 Å². The Morgan fingerprint density at radius 3 is 2.52 bits per heavy atom. The average molecular weight is 391 g/mol. The van der Waals surface area contributed by atoms with E-state index < -0.39 is 10.0 Å². The van der Waals surface area contributed by atoms with Crippen LogP contribution in [0, 0.1) is 0 Å². The number of carbonyl (C=O) groups is 1. The van der Waals surface area contributed by atoms with E-state index in [0.29, 0.717) is 6.54 Å². The summed E-state index contributed by atoms with van der Waals surface area (Å²) in [6, 6.07) is 11.9. The molecule has 1 aromatic heterocycles. The zero-order chi connectivity index (χ0) is 19.1. The van der Waals surface area contributed by atoms with Gasteiger partial charge in [0.15, 0.2) is 0 Å². The molecule has 1 fully saturated rings. The maximum Gasteiger partial charge on any atom is 0.240 e. The number of benzene rings is 1. The standard InChI is InChI=1S/C19H25N3O4S/c23-19(10-11-21-27(24,25)16-7-2-1-3-8-16)20-15-17(18-9-6-14-26-18)22-12-4-5-13-22/h1-3,6-9,14,17,21H,4-5,10-13,15H2,(H,20,23). The molecule has 146 valence electrons. The van der Waals surface area contributed by atoms with Crippen LogP contribution in [0.25, 0.3) is 0 Å². The number of hydrogen-bond acceptors (Lipinski definition) is 5. The Bertz CT molecular complexity index is 816. The fraction of sp³-hybridized carbons (Fsp3) is 0.421. The van der Waals surface area contributed by atoms with E-state index in [1.165, 1.54) is 12.1 Å². The van der Waals surface area contributed by atoms with E-state index in [9.17, 15) is 13.2 Å². The number of furan rings is 1. The lowest BCUT2D eigenvalue weighted by molar-refractivity contribution is -0.121. The number of nitrogens with one attached hydrogen (secondary N) is 2. The molecule has 1 saturated heterocycles. The highest BCUT2D eigenvalue weighted by Crippen LogP contribution is 2.24. The Labute approximate surface area is 159 Å². The van der Waals surface area contributed by atoms with Crippen LogP contribution in [0.2, 0.25) is 0 Å². The Hall–Kier alpha value is -2.16. The highest BCUT2D eigenvalue weighted by Gasteiger charge is 2.25. The molecule has 8 heteroatoms. The lowest BCUT2D eigenvalue weighted by Gasteiger charge is -2.26. The van der Waals surface area contributed by atoms with Crippen molar-refractivity contribution in [2.24, 2.45) is 0 Å². The van der Waals surface area contributed by atoms with Crippen LogP contribution in [0.1, 0.15) is 31.1 Å². The summed E-state index contributed by atoms with van der Waals surface area (Å²) in [6.45, 7) is 2.46. The first kappa shape index (κ1) is 19.6. The zero-order valence-electron chi connectivity index (χ0n) is 15.1. The van der Waals surface area contributed by atoms with E-state index in [4.69, 9.17) is 4.42 Å². The molecule has 0 spiro atoms. The summed E-state index contributed by atoms with van der Waals surface area (Å²) in [4.78, 5) is 14.7. The number of carbonyl (C=O) groups excluding carboxylic acids is 1. The molecule has 7 nitrogen and oxygen atoms in total. The number of sulfonamides is 1. The van der Waals surface area contributed by atoms with Gasteiger partial charge in [0.05, 0.1) is 17.2 Å². The third-order valence-electron chi connectivity index (χ3n) is 4.64. The maximum atomic E-state index is 12.2. The Morgan fingerprint density at radius 1 is 1.11 bits per heavy atom. The van der Waals surface area contributed by atoms with Gasteiger partial charge in [0.1, 0.15) is 5.76 Å². The lowest BCUT2D eigenvalue weighted by atomic mass is 10.2. The zero-order valence-corrected chi connectivity index (χ0v) is 16.0. The van der Waals surface area contributed by atoms with Crippen molar-refractivity contribution in [2.75, 3.05) is 26.2 Å². The van der Waals surface area contributed by atoms with E-state index in [1.807, 2.05) is 12.1 Å². The first-order valence-electron chi connectivity index (χ1n) is 9.15. The molecule has 0 saturated carbocycles. The molecule has 0 radical (unpaired) electrons. The van der Waals surface area contributed by atoms with E-state index in [2.05, 4.69) is 14.9 Å². The van der Waals surface area contributed by atoms with Gasteiger partial charge in [0, 0.05) is 19.5 Å². The van der Waals surface area contributed by atoms with Gasteiger partial charge in [-0.2, -0.15) is 0 Å². The number of rotatable bonds is 9. The van der Waals surface area contributed by atoms with E-state index in [-0.39, 0.29) is 29.8 Å². The smallest absolute Gasteiger partial charge is 0.240 e. The minimum atomic E-state index is -3.59. The first-order chi connectivity index (χ1) is 13.1. The minimum absolute atomic E-state index is 0.00691. The molecule has 3 rings (SSSR count). The molecule has 27 heavy (non-hydrogen) atoms. The van der Waals surface area contributed by atoms with Gasteiger partial charge in [-0.15, -0.1) is 0 Å². The first-order valence-corrected chi connectivity index (χ1v) is 10.6. The van der Waals surface area contributed by atoms with Gasteiger partial charge >= 0.3 is 0 Å². The molecule has 0 aliphatic carbocycles. The third kappa shape index (κ3) is 5.41. The summed E-state index contributed by atoms with van der Waals surface area (Å²) in [5.41, 5.74) is 0. The fourth-order valence-corrected chi connectivity index (χ4v) is 4.28. The van der Waals surface area contributed by atoms with Gasteiger partial charge in [-0.1, -0.05) is 18.2 Å². The van der Waals surface area contributed by atoms with Crippen molar-refractivity contribution in [1.29, 1.82) is 0 Å². The normalized spacial score (nSPS) is 16.3. The van der Waals surface area contributed by atoms with Crippen molar-refractivity contribution in [3.63, 3.8) is 0 Å². The number of nitrogens with zero attached hydrogens (tertiary/aromatic N) is 1. The van der Waals surface area contributed by atoms with Gasteiger partial charge in [0.2, 0.25) is 15.9 Å². The van der Waals surface area contributed by atoms with Crippen molar-refractivity contribution in [2.45, 2.75) is 30.2 Å². The molecule has 1 unspecified atom stereocenters. The van der Waals surface area contributed by atoms with Gasteiger partial charge in [0.25, 0.3) is 0 Å². The van der Waals surface area contributed by atoms with Gasteiger partial charge in [-0.05, 0) is 50.2 Å². The molecule has 1 amide bonds. The molecule has 1 aliphatic rings. The van der Waals surface area contributed by atoms with Crippen molar-refractivity contribution in [3.8, 4) is 0 Å². The Morgan fingerprint density at radius 2 is 1.85 bits per heavy atom. The van der Waals surface area contributed by atoms with Crippen LogP contribution in [0.15, 0.2) is 58.0 Å². The van der Waals surface area contributed by atoms with Crippen LogP contribution in [-0.2, 0) is 14.8 Å². The van der Waals surface area contributed by atoms with Gasteiger partial charge in [-0.3, -0.25) is 9.69 Å². The Balaban J connectivity index is 1.47. The van der Waals surface area contributed by atoms with Crippen LogP contribution in [0.5, 0.6) is 0 Å². The number of likely N-dealkylation sites (tertiary alicyclic amines) is 1. The van der Waals surface area contributed by atoms with E-state index in [0.717, 1.165) is 31.7 Å². The summed E-state index contributed by atoms with van der Waals surface area (Å²) in [5, 5.41) is 2.90. The van der Waals surface area contributed by atoms with Crippen molar-refractivity contribution >= 4 is 15.9 Å². The molecule has 2 N–H and O–H groups in total. The van der Waals surface area contributed by atoms with Crippen molar-refractivity contribution in [1.82, 2.24) is 14.9 Å². The van der Waals surface area contributed by atoms with Gasteiger partial charge < -0.3 is 9.73 Å². The van der Waals surface area contributed by atoms with Crippen molar-refractivity contribution in [3.05, 3.63) is 54.5 Å². The highest BCUT2D eigenvalue weighted by atomic mass is 32.2. The average Bonchev–Trinajstić information content (AvgIpc) is 3.37. The second kappa shape index (κ2) is 9.16. The number of hydrogen-bond donors (Lipinski definition) is 2. The molecule has 1 atom stereocenters. The maximum absolute atomic E-state index is 12.2. The minimum Gasteiger partial charge on any atom is -0.468 e. The molecule has 1 aliphatic heterocycles. The lowest BCUT2D eigenvalue weighted by Crippen LogP contribution is -2.37. The predicted molar refractivity (Wildman–Crippen MR) is 102 cm³/mol. The number of amides is 1. The molecule has 0 bridgehead atoms. The largest absolute Gasteiger partial charge is 0.468 e. The second-order valence-electron chi connectivity index (χ2n) is 6.54. The molecule has 1 aromatic carbocycles. The second-order valence-corrected chi connectivity index (χ2v) is 8.31. The fourth-order valence-electron chi connectivity index (χ4n) is 3.22. The van der Waals surface area contributed by atoms with Crippen LogP contribution >= 0.6 is 0 Å². The predicted octanol–water partition coefficient (Wildman–Crippen LogP) is 1.90. The summed E-state index contributed by atoms with van der Waals surface area (Å²) in [6.07, 6.45) is 4.01. The quantitative estimate of drug-likeness (QED) is 0.681. The summed E-state index contributed by atoms with van der Waals surface area (Å²) < 4.78 is 32.3. The highest BCUT2D eigenvalue weighted by molar-refractivity contribution is 7.89. The van der Waals surface area contributed by atoms with Crippen LogP contribution in [0.4, 0.5) is 0 Å². The van der Waals surface area contributed by atoms with Crippen molar-refractivity contribution < 1.29 is 17.6 Å². The molecule has 2 aromatic rings. The van der Waals surface area contributed by atoms with E-state index in [1.54, 1.807) is 24.5 Å². The third-order valence-corrected chi connectivity index (χ3v) is 6.12. The summed E-state index contributed by atoms with van der Waals surface area (Å²) in [5.74, 6) is 0.642. The van der Waals surface area contributed by atoms with E-state index >= 15 is 0 Å². The molecular weight excluding hydrogens is 366 g/mol. The Kier molecular flexibility index (Phi) is 6.65. The summed E-state index contributed by atoms with van der Waals surface area (Å²) >= 11 is 0. The topological polar surface area (TPSA) is 91.6 Å². The van der Waals surface area contributed by atoms with Crippen LogP contribution < -0.4 is 10.0 Å². The SMILES string of the molecule is O=C(CCNS(=O)(=O)c1ccccc1)NCC(c1ccco1)N1CCCC1. The van der Waals surface area contributed by atoms with Gasteiger partial charge in [-0.25, -0.2) is 13.1 Å². The monoisotopic (exact) mass is 391 g/mol.